The van der Waals surface area contributed by atoms with Crippen LogP contribution in [0.15, 0.2) is 36.4 Å². The Morgan fingerprint density at radius 2 is 1.74 bits per heavy atom. The van der Waals surface area contributed by atoms with E-state index in [-0.39, 0.29) is 17.9 Å². The molecule has 1 aliphatic carbocycles. The Morgan fingerprint density at radius 3 is 2.52 bits per heavy atom. The van der Waals surface area contributed by atoms with Crippen molar-refractivity contribution in [2.45, 2.75) is 24.5 Å². The van der Waals surface area contributed by atoms with E-state index in [0.717, 1.165) is 12.8 Å². The highest BCUT2D eigenvalue weighted by atomic mass is 16.6. The average molecular weight is 363 g/mol. The molecule has 136 valence electrons. The van der Waals surface area contributed by atoms with Gasteiger partial charge in [0.1, 0.15) is 13.2 Å². The largest absolute Gasteiger partial charge is 0.486 e. The number of amides is 2. The molecular weight excluding hydrogens is 346 g/mol. The number of benzene rings is 2. The number of ether oxygens (including phenoxy) is 2. The molecule has 0 bridgehead atoms. The third-order valence-corrected chi connectivity index (χ3v) is 5.61. The number of fused-ring (bicyclic) bond motifs is 4. The van der Waals surface area contributed by atoms with Crippen LogP contribution in [0.3, 0.4) is 0 Å². The molecule has 7 heteroatoms. The fourth-order valence-corrected chi connectivity index (χ4v) is 4.28. The number of anilines is 2. The Labute approximate surface area is 155 Å². The molecule has 2 aromatic rings. The van der Waals surface area contributed by atoms with Gasteiger partial charge in [0.05, 0.1) is 11.3 Å². The number of rotatable bonds is 1. The van der Waals surface area contributed by atoms with E-state index in [1.165, 1.54) is 0 Å². The number of hydrogen-bond acceptors (Lipinski definition) is 5. The minimum Gasteiger partial charge on any atom is -0.486 e. The summed E-state index contributed by atoms with van der Waals surface area (Å²) in [6.45, 7) is 0.935. The summed E-state index contributed by atoms with van der Waals surface area (Å²) in [5.41, 5.74) is 1.34. The number of para-hydroxylation sites is 1. The smallest absolute Gasteiger partial charge is 0.276 e. The zero-order chi connectivity index (χ0) is 18.2. The summed E-state index contributed by atoms with van der Waals surface area (Å²) in [5.74, 6) is 0.830. The van der Waals surface area contributed by atoms with Gasteiger partial charge in [0.15, 0.2) is 11.5 Å². The lowest BCUT2D eigenvalue weighted by Gasteiger charge is -2.45. The van der Waals surface area contributed by atoms with E-state index in [4.69, 9.17) is 9.47 Å². The van der Waals surface area contributed by atoms with Crippen molar-refractivity contribution < 1.29 is 19.1 Å². The van der Waals surface area contributed by atoms with Gasteiger partial charge in [0.25, 0.3) is 11.8 Å². The molecule has 1 saturated carbocycles. The molecule has 2 aromatic carbocycles. The zero-order valence-corrected chi connectivity index (χ0v) is 14.5. The van der Waals surface area contributed by atoms with Gasteiger partial charge in [-0.25, -0.2) is 0 Å². The van der Waals surface area contributed by atoms with Crippen molar-refractivity contribution in [2.24, 2.45) is 0 Å². The molecule has 1 atom stereocenters. The third-order valence-electron chi connectivity index (χ3n) is 5.61. The Balaban J connectivity index is 1.60. The number of hydrogen-bond donors (Lipinski definition) is 2. The first-order valence-electron chi connectivity index (χ1n) is 9.15. The predicted molar refractivity (Wildman–Crippen MR) is 97.0 cm³/mol. The summed E-state index contributed by atoms with van der Waals surface area (Å²) in [7, 11) is 0. The second-order valence-electron chi connectivity index (χ2n) is 7.28. The van der Waals surface area contributed by atoms with Crippen molar-refractivity contribution in [3.8, 4) is 11.5 Å². The molecule has 7 nitrogen and oxygen atoms in total. The molecule has 6 rings (SSSR count). The SMILES string of the molecule is O=C1c2ccccc2N[C@]2(C(=O)Nc3cc4c(cc32)OCCO4)N1C1CC1. The van der Waals surface area contributed by atoms with Crippen molar-refractivity contribution in [1.82, 2.24) is 4.90 Å². The molecule has 27 heavy (non-hydrogen) atoms. The summed E-state index contributed by atoms with van der Waals surface area (Å²) in [5, 5.41) is 6.32. The molecular formula is C20H17N3O4. The summed E-state index contributed by atoms with van der Waals surface area (Å²) in [6, 6.07) is 11.0. The van der Waals surface area contributed by atoms with Gasteiger partial charge < -0.3 is 25.0 Å². The topological polar surface area (TPSA) is 79.9 Å². The highest BCUT2D eigenvalue weighted by molar-refractivity contribution is 6.14. The molecule has 0 aromatic heterocycles. The summed E-state index contributed by atoms with van der Waals surface area (Å²) < 4.78 is 11.4. The lowest BCUT2D eigenvalue weighted by molar-refractivity contribution is -0.125. The average Bonchev–Trinajstić information content (AvgIpc) is 3.48. The second kappa shape index (κ2) is 4.94. The van der Waals surface area contributed by atoms with Gasteiger partial charge in [-0.1, -0.05) is 12.1 Å². The first-order chi connectivity index (χ1) is 13.2. The molecule has 2 amide bonds. The van der Waals surface area contributed by atoms with Gasteiger partial charge in [-0.05, 0) is 31.0 Å². The van der Waals surface area contributed by atoms with Crippen molar-refractivity contribution in [3.05, 3.63) is 47.5 Å². The van der Waals surface area contributed by atoms with E-state index in [1.54, 1.807) is 17.0 Å². The molecule has 1 spiro atoms. The zero-order valence-electron chi connectivity index (χ0n) is 14.5. The fraction of sp³-hybridized carbons (Fsp3) is 0.300. The van der Waals surface area contributed by atoms with Gasteiger partial charge in [-0.3, -0.25) is 9.59 Å². The van der Waals surface area contributed by atoms with Crippen molar-refractivity contribution in [2.75, 3.05) is 23.8 Å². The van der Waals surface area contributed by atoms with Crippen LogP contribution in [0.5, 0.6) is 11.5 Å². The molecule has 2 N–H and O–H groups in total. The van der Waals surface area contributed by atoms with Crippen LogP contribution in [0, 0.1) is 0 Å². The minimum atomic E-state index is -1.27. The highest BCUT2D eigenvalue weighted by Crippen LogP contribution is 2.52. The monoisotopic (exact) mass is 363 g/mol. The fourth-order valence-electron chi connectivity index (χ4n) is 4.28. The van der Waals surface area contributed by atoms with E-state index in [2.05, 4.69) is 10.6 Å². The molecule has 0 unspecified atom stereocenters. The molecule has 3 heterocycles. The van der Waals surface area contributed by atoms with Crippen LogP contribution >= 0.6 is 0 Å². The molecule has 4 aliphatic rings. The van der Waals surface area contributed by atoms with E-state index >= 15 is 0 Å². The number of nitrogens with zero attached hydrogens (tertiary/aromatic N) is 1. The van der Waals surface area contributed by atoms with Gasteiger partial charge >= 0.3 is 0 Å². The number of nitrogens with one attached hydrogen (secondary N) is 2. The Morgan fingerprint density at radius 1 is 1.00 bits per heavy atom. The minimum absolute atomic E-state index is 0.0447. The van der Waals surface area contributed by atoms with E-state index in [1.807, 2.05) is 24.3 Å². The van der Waals surface area contributed by atoms with Crippen LogP contribution in [-0.2, 0) is 10.5 Å². The maximum Gasteiger partial charge on any atom is 0.276 e. The van der Waals surface area contributed by atoms with Crippen LogP contribution in [0.4, 0.5) is 11.4 Å². The molecule has 0 saturated heterocycles. The Hall–Kier alpha value is -3.22. The van der Waals surface area contributed by atoms with Gasteiger partial charge in [-0.15, -0.1) is 0 Å². The van der Waals surface area contributed by atoms with Crippen LogP contribution in [0.1, 0.15) is 28.8 Å². The molecule has 3 aliphatic heterocycles. The summed E-state index contributed by atoms with van der Waals surface area (Å²) in [6.07, 6.45) is 1.79. The van der Waals surface area contributed by atoms with Gasteiger partial charge in [-0.2, -0.15) is 0 Å². The number of carbonyl (C=O) groups excluding carboxylic acids is 2. The normalized spacial score (nSPS) is 25.0. The van der Waals surface area contributed by atoms with Crippen LogP contribution in [0.2, 0.25) is 0 Å². The summed E-state index contributed by atoms with van der Waals surface area (Å²) >= 11 is 0. The van der Waals surface area contributed by atoms with E-state index in [9.17, 15) is 9.59 Å². The number of carbonyl (C=O) groups is 2. The van der Waals surface area contributed by atoms with Crippen molar-refractivity contribution in [1.29, 1.82) is 0 Å². The highest BCUT2D eigenvalue weighted by Gasteiger charge is 2.60. The first kappa shape index (κ1) is 14.9. The second-order valence-corrected chi connectivity index (χ2v) is 7.28. The Kier molecular flexibility index (Phi) is 2.72. The van der Waals surface area contributed by atoms with Crippen LogP contribution in [0.25, 0.3) is 0 Å². The maximum absolute atomic E-state index is 13.4. The predicted octanol–water partition coefficient (Wildman–Crippen LogP) is 2.29. The molecule has 0 radical (unpaired) electrons. The first-order valence-corrected chi connectivity index (χ1v) is 9.15. The lowest BCUT2D eigenvalue weighted by Crippen LogP contribution is -2.62. The van der Waals surface area contributed by atoms with Crippen molar-refractivity contribution >= 4 is 23.2 Å². The van der Waals surface area contributed by atoms with Gasteiger partial charge in [0, 0.05) is 23.4 Å². The van der Waals surface area contributed by atoms with Gasteiger partial charge in [0.2, 0.25) is 5.66 Å². The summed E-state index contributed by atoms with van der Waals surface area (Å²) in [4.78, 5) is 28.3. The van der Waals surface area contributed by atoms with E-state index in [0.29, 0.717) is 47.2 Å². The van der Waals surface area contributed by atoms with Crippen molar-refractivity contribution in [3.63, 3.8) is 0 Å². The van der Waals surface area contributed by atoms with Crippen LogP contribution in [-0.4, -0.2) is 36.0 Å². The quantitative estimate of drug-likeness (QED) is 0.813. The lowest BCUT2D eigenvalue weighted by atomic mass is 9.92. The third kappa shape index (κ3) is 1.86. The molecule has 1 fully saturated rings. The Bertz CT molecular complexity index is 1020. The van der Waals surface area contributed by atoms with E-state index < -0.39 is 5.66 Å². The standard InChI is InChI=1S/C20H17N3O4/c24-18-12-3-1-2-4-14(12)22-20(23(18)11-5-6-11)13-9-16-17(27-8-7-26-16)10-15(13)21-19(20)25/h1-4,9-11,22H,5-8H2,(H,21,25)/t20-/m0/s1. The van der Waals surface area contributed by atoms with Crippen LogP contribution < -0.4 is 20.1 Å². The maximum atomic E-state index is 13.4.